The number of hydrogen-bond acceptors (Lipinski definition) is 4. The van der Waals surface area contributed by atoms with Crippen LogP contribution in [0.25, 0.3) is 11.4 Å². The molecule has 0 aliphatic heterocycles. The van der Waals surface area contributed by atoms with Crippen molar-refractivity contribution in [1.29, 1.82) is 0 Å². The molecule has 0 amide bonds. The van der Waals surface area contributed by atoms with Crippen molar-refractivity contribution < 1.29 is 4.52 Å². The van der Waals surface area contributed by atoms with E-state index < -0.39 is 0 Å². The summed E-state index contributed by atoms with van der Waals surface area (Å²) in [6, 6.07) is 6.65. The number of benzene rings is 1. The molecular weight excluding hydrogens is 250 g/mol. The zero-order valence-corrected chi connectivity index (χ0v) is 12.1. The van der Waals surface area contributed by atoms with Crippen molar-refractivity contribution >= 4 is 0 Å². The van der Waals surface area contributed by atoms with Gasteiger partial charge in [-0.25, -0.2) is 0 Å². The van der Waals surface area contributed by atoms with Gasteiger partial charge in [-0.15, -0.1) is 0 Å². The van der Waals surface area contributed by atoms with Crippen LogP contribution in [0.3, 0.4) is 0 Å². The zero-order valence-electron chi connectivity index (χ0n) is 12.1. The average molecular weight is 271 g/mol. The van der Waals surface area contributed by atoms with E-state index in [0.29, 0.717) is 17.8 Å². The Balaban J connectivity index is 1.85. The Morgan fingerprint density at radius 2 is 1.90 bits per heavy atom. The van der Waals surface area contributed by atoms with Crippen molar-refractivity contribution in [1.82, 2.24) is 10.1 Å². The highest BCUT2D eigenvalue weighted by Gasteiger charge is 2.25. The number of hydrogen-bond donors (Lipinski definition) is 1. The lowest BCUT2D eigenvalue weighted by Gasteiger charge is -2.22. The monoisotopic (exact) mass is 271 g/mol. The molecular formula is C16H21N3O. The van der Waals surface area contributed by atoms with Crippen molar-refractivity contribution in [3.8, 4) is 11.4 Å². The van der Waals surface area contributed by atoms with E-state index in [1.165, 1.54) is 11.1 Å². The van der Waals surface area contributed by atoms with Crippen LogP contribution in [0.1, 0.15) is 48.6 Å². The van der Waals surface area contributed by atoms with E-state index in [4.69, 9.17) is 10.3 Å². The third kappa shape index (κ3) is 2.61. The smallest absolute Gasteiger partial charge is 0.230 e. The van der Waals surface area contributed by atoms with Crippen molar-refractivity contribution in [3.05, 3.63) is 35.2 Å². The van der Waals surface area contributed by atoms with Gasteiger partial charge in [0.1, 0.15) is 0 Å². The third-order valence-corrected chi connectivity index (χ3v) is 4.20. The summed E-state index contributed by atoms with van der Waals surface area (Å²) in [6.45, 7) is 4.15. The number of nitrogens with zero attached hydrogens (tertiary/aromatic N) is 2. The van der Waals surface area contributed by atoms with Crippen molar-refractivity contribution in [3.63, 3.8) is 0 Å². The fraction of sp³-hybridized carbons (Fsp3) is 0.500. The van der Waals surface area contributed by atoms with E-state index in [-0.39, 0.29) is 0 Å². The van der Waals surface area contributed by atoms with Gasteiger partial charge in [-0.2, -0.15) is 4.98 Å². The highest BCUT2D eigenvalue weighted by atomic mass is 16.5. The first-order valence-corrected chi connectivity index (χ1v) is 7.30. The van der Waals surface area contributed by atoms with Gasteiger partial charge in [0.05, 0.1) is 0 Å². The van der Waals surface area contributed by atoms with Crippen LogP contribution in [0.5, 0.6) is 0 Å². The predicted molar refractivity (Wildman–Crippen MR) is 78.4 cm³/mol. The van der Waals surface area contributed by atoms with Gasteiger partial charge in [0.15, 0.2) is 0 Å². The molecule has 1 saturated carbocycles. The third-order valence-electron chi connectivity index (χ3n) is 4.20. The minimum absolute atomic E-state index is 0.340. The molecule has 4 heteroatoms. The Morgan fingerprint density at radius 1 is 1.15 bits per heavy atom. The van der Waals surface area contributed by atoms with Crippen LogP contribution in [0.4, 0.5) is 0 Å². The molecule has 1 heterocycles. The van der Waals surface area contributed by atoms with E-state index in [9.17, 15) is 0 Å². The fourth-order valence-electron chi connectivity index (χ4n) is 2.85. The molecule has 106 valence electrons. The molecule has 1 fully saturated rings. The summed E-state index contributed by atoms with van der Waals surface area (Å²) in [5, 5.41) is 4.17. The van der Waals surface area contributed by atoms with E-state index in [2.05, 4.69) is 42.2 Å². The lowest BCUT2D eigenvalue weighted by Crippen LogP contribution is -2.25. The van der Waals surface area contributed by atoms with Gasteiger partial charge < -0.3 is 10.3 Å². The Bertz CT molecular complexity index is 598. The maximum Gasteiger partial charge on any atom is 0.230 e. The van der Waals surface area contributed by atoms with E-state index in [1.54, 1.807) is 0 Å². The first kappa shape index (κ1) is 13.3. The van der Waals surface area contributed by atoms with E-state index >= 15 is 0 Å². The Kier molecular flexibility index (Phi) is 3.57. The second-order valence-corrected chi connectivity index (χ2v) is 5.89. The van der Waals surface area contributed by atoms with E-state index in [1.807, 2.05) is 0 Å². The van der Waals surface area contributed by atoms with Gasteiger partial charge in [-0.1, -0.05) is 22.9 Å². The van der Waals surface area contributed by atoms with Crippen molar-refractivity contribution in [2.45, 2.75) is 51.5 Å². The van der Waals surface area contributed by atoms with Crippen LogP contribution >= 0.6 is 0 Å². The van der Waals surface area contributed by atoms with Gasteiger partial charge in [0.25, 0.3) is 0 Å². The standard InChI is InChI=1S/C16H21N3O/c1-10-3-4-11(2)14(9-10)15-18-16(20-19-15)12-5-7-13(17)8-6-12/h3-4,9,12-13H,5-8,17H2,1-2H3. The molecule has 20 heavy (non-hydrogen) atoms. The maximum absolute atomic E-state index is 5.94. The molecule has 0 bridgehead atoms. The molecule has 0 saturated heterocycles. The second-order valence-electron chi connectivity index (χ2n) is 5.89. The molecule has 2 N–H and O–H groups in total. The number of aromatic nitrogens is 2. The summed E-state index contributed by atoms with van der Waals surface area (Å²) in [5.41, 5.74) is 9.39. The molecule has 0 unspecified atom stereocenters. The number of rotatable bonds is 2. The van der Waals surface area contributed by atoms with Crippen LogP contribution in [0.2, 0.25) is 0 Å². The Hall–Kier alpha value is -1.68. The van der Waals surface area contributed by atoms with Crippen LogP contribution < -0.4 is 5.73 Å². The molecule has 4 nitrogen and oxygen atoms in total. The van der Waals surface area contributed by atoms with Gasteiger partial charge in [0, 0.05) is 17.5 Å². The first-order chi connectivity index (χ1) is 9.63. The van der Waals surface area contributed by atoms with Gasteiger partial charge in [0.2, 0.25) is 11.7 Å². The minimum atomic E-state index is 0.340. The second kappa shape index (κ2) is 5.37. The molecule has 0 atom stereocenters. The zero-order chi connectivity index (χ0) is 14.1. The van der Waals surface area contributed by atoms with Gasteiger partial charge in [-0.3, -0.25) is 0 Å². The quantitative estimate of drug-likeness (QED) is 0.909. The number of nitrogens with two attached hydrogens (primary N) is 1. The molecule has 0 spiro atoms. The molecule has 1 aliphatic carbocycles. The lowest BCUT2D eigenvalue weighted by atomic mass is 9.86. The predicted octanol–water partition coefficient (Wildman–Crippen LogP) is 3.34. The molecule has 1 aromatic carbocycles. The SMILES string of the molecule is Cc1ccc(C)c(-c2noc(C3CCC(N)CC3)n2)c1. The van der Waals surface area contributed by atoms with E-state index in [0.717, 1.165) is 37.1 Å². The summed E-state index contributed by atoms with van der Waals surface area (Å²) in [7, 11) is 0. The summed E-state index contributed by atoms with van der Waals surface area (Å²) in [5.74, 6) is 1.85. The Labute approximate surface area is 119 Å². The average Bonchev–Trinajstić information content (AvgIpc) is 2.92. The summed E-state index contributed by atoms with van der Waals surface area (Å²) < 4.78 is 5.49. The fourth-order valence-corrected chi connectivity index (χ4v) is 2.85. The van der Waals surface area contributed by atoms with Crippen molar-refractivity contribution in [2.75, 3.05) is 0 Å². The molecule has 1 aromatic heterocycles. The maximum atomic E-state index is 5.94. The van der Waals surface area contributed by atoms with Crippen LogP contribution in [-0.4, -0.2) is 16.2 Å². The van der Waals surface area contributed by atoms with Crippen molar-refractivity contribution in [2.24, 2.45) is 5.73 Å². The first-order valence-electron chi connectivity index (χ1n) is 7.30. The summed E-state index contributed by atoms with van der Waals surface area (Å²) in [6.07, 6.45) is 4.20. The minimum Gasteiger partial charge on any atom is -0.339 e. The molecule has 2 aromatic rings. The van der Waals surface area contributed by atoms with Crippen LogP contribution in [0, 0.1) is 13.8 Å². The molecule has 1 aliphatic rings. The normalized spacial score (nSPS) is 22.9. The number of aryl methyl sites for hydroxylation is 2. The highest BCUT2D eigenvalue weighted by Crippen LogP contribution is 2.32. The summed E-state index contributed by atoms with van der Waals surface area (Å²) >= 11 is 0. The highest BCUT2D eigenvalue weighted by molar-refractivity contribution is 5.60. The van der Waals surface area contributed by atoms with Gasteiger partial charge in [-0.05, 0) is 51.2 Å². The summed E-state index contributed by atoms with van der Waals surface area (Å²) in [4.78, 5) is 4.61. The molecule has 0 radical (unpaired) electrons. The topological polar surface area (TPSA) is 64.9 Å². The largest absolute Gasteiger partial charge is 0.339 e. The van der Waals surface area contributed by atoms with Crippen LogP contribution in [-0.2, 0) is 0 Å². The lowest BCUT2D eigenvalue weighted by molar-refractivity contribution is 0.301. The molecule has 3 rings (SSSR count). The van der Waals surface area contributed by atoms with Gasteiger partial charge >= 0.3 is 0 Å². The Morgan fingerprint density at radius 3 is 2.65 bits per heavy atom. The van der Waals surface area contributed by atoms with Crippen LogP contribution in [0.15, 0.2) is 22.7 Å².